The second-order valence-electron chi connectivity index (χ2n) is 5.29. The molecule has 1 heterocycles. The lowest BCUT2D eigenvalue weighted by Crippen LogP contribution is -1.91. The van der Waals surface area contributed by atoms with Crippen molar-refractivity contribution >= 4 is 41.0 Å². The first kappa shape index (κ1) is 17.8. The molecule has 0 bridgehead atoms. The van der Waals surface area contributed by atoms with Gasteiger partial charge >= 0.3 is 0 Å². The zero-order valence-electron chi connectivity index (χ0n) is 13.3. The molecule has 7 heteroatoms. The molecule has 128 valence electrons. The summed E-state index contributed by atoms with van der Waals surface area (Å²) < 4.78 is 1.60. The van der Waals surface area contributed by atoms with Crippen molar-refractivity contribution in [1.29, 1.82) is 0 Å². The average Bonchev–Trinajstić information content (AvgIpc) is 2.89. The molecule has 0 aliphatic rings. The van der Waals surface area contributed by atoms with E-state index in [4.69, 9.17) is 39.6 Å². The third-order valence-electron chi connectivity index (χ3n) is 3.55. The van der Waals surface area contributed by atoms with Crippen molar-refractivity contribution in [2.45, 2.75) is 6.61 Å². The van der Waals surface area contributed by atoms with E-state index in [1.165, 1.54) is 0 Å². The van der Waals surface area contributed by atoms with Crippen molar-refractivity contribution in [3.8, 4) is 11.3 Å². The van der Waals surface area contributed by atoms with Crippen molar-refractivity contribution in [1.82, 2.24) is 9.78 Å². The molecule has 0 N–H and O–H groups in total. The predicted octanol–water partition coefficient (Wildman–Crippen LogP) is 5.60. The van der Waals surface area contributed by atoms with E-state index in [1.807, 2.05) is 30.3 Å². The number of hydrogen-bond donors (Lipinski definition) is 0. The predicted molar refractivity (Wildman–Crippen MR) is 102 cm³/mol. The summed E-state index contributed by atoms with van der Waals surface area (Å²) in [6.07, 6.45) is 1.56. The van der Waals surface area contributed by atoms with E-state index < -0.39 is 0 Å². The van der Waals surface area contributed by atoms with E-state index in [1.54, 1.807) is 36.1 Å². The molecule has 2 aromatic carbocycles. The molecule has 0 saturated heterocycles. The number of rotatable bonds is 5. The molecule has 0 fully saturated rings. The van der Waals surface area contributed by atoms with Gasteiger partial charge in [0.15, 0.2) is 0 Å². The van der Waals surface area contributed by atoms with Crippen LogP contribution in [0.2, 0.25) is 15.2 Å². The molecule has 3 aromatic rings. The number of hydrogen-bond acceptors (Lipinski definition) is 3. The van der Waals surface area contributed by atoms with Gasteiger partial charge < -0.3 is 4.84 Å². The minimum absolute atomic E-state index is 0.227. The van der Waals surface area contributed by atoms with Crippen LogP contribution in [0.1, 0.15) is 11.1 Å². The van der Waals surface area contributed by atoms with Gasteiger partial charge in [-0.15, -0.1) is 0 Å². The molecule has 0 saturated carbocycles. The molecule has 0 atom stereocenters. The van der Waals surface area contributed by atoms with Gasteiger partial charge in [-0.25, -0.2) is 0 Å². The van der Waals surface area contributed by atoms with E-state index in [2.05, 4.69) is 10.3 Å². The fourth-order valence-electron chi connectivity index (χ4n) is 2.28. The first-order valence-corrected chi connectivity index (χ1v) is 8.57. The van der Waals surface area contributed by atoms with Crippen LogP contribution in [0, 0.1) is 0 Å². The van der Waals surface area contributed by atoms with Crippen LogP contribution in [-0.4, -0.2) is 16.0 Å². The number of nitrogens with zero attached hydrogens (tertiary/aromatic N) is 3. The van der Waals surface area contributed by atoms with Crippen LogP contribution < -0.4 is 0 Å². The Kier molecular flexibility index (Phi) is 5.63. The Morgan fingerprint density at radius 1 is 1.12 bits per heavy atom. The number of aromatic nitrogens is 2. The van der Waals surface area contributed by atoms with E-state index >= 15 is 0 Å². The van der Waals surface area contributed by atoms with Crippen LogP contribution in [0.5, 0.6) is 0 Å². The van der Waals surface area contributed by atoms with E-state index in [9.17, 15) is 0 Å². The SMILES string of the molecule is Cn1nc(-c2ccccc2)c(/C=N\OCc2ccc(Cl)cc2Cl)c1Cl. The fraction of sp³-hybridized carbons (Fsp3) is 0.111. The zero-order chi connectivity index (χ0) is 17.8. The van der Waals surface area contributed by atoms with Crippen molar-refractivity contribution in [3.63, 3.8) is 0 Å². The Bertz CT molecular complexity index is 907. The Labute approximate surface area is 160 Å². The van der Waals surface area contributed by atoms with Gasteiger partial charge in [0.05, 0.1) is 11.8 Å². The lowest BCUT2D eigenvalue weighted by molar-refractivity contribution is 0.132. The molecule has 0 spiro atoms. The van der Waals surface area contributed by atoms with Crippen LogP contribution in [0.4, 0.5) is 0 Å². The van der Waals surface area contributed by atoms with Gasteiger partial charge in [0, 0.05) is 28.2 Å². The van der Waals surface area contributed by atoms with Gasteiger partial charge in [-0.05, 0) is 12.1 Å². The van der Waals surface area contributed by atoms with Gasteiger partial charge in [-0.3, -0.25) is 4.68 Å². The van der Waals surface area contributed by atoms with Gasteiger partial charge in [-0.2, -0.15) is 5.10 Å². The second-order valence-corrected chi connectivity index (χ2v) is 6.49. The van der Waals surface area contributed by atoms with Crippen LogP contribution in [0.25, 0.3) is 11.3 Å². The zero-order valence-corrected chi connectivity index (χ0v) is 15.6. The summed E-state index contributed by atoms with van der Waals surface area (Å²) in [5, 5.41) is 10.0. The number of halogens is 3. The highest BCUT2D eigenvalue weighted by molar-refractivity contribution is 6.35. The molecule has 0 aliphatic heterocycles. The summed E-state index contributed by atoms with van der Waals surface area (Å²) in [6.45, 7) is 0.227. The molecular weight excluding hydrogens is 381 g/mol. The number of benzene rings is 2. The topological polar surface area (TPSA) is 39.4 Å². The molecule has 0 radical (unpaired) electrons. The van der Waals surface area contributed by atoms with Gasteiger partial charge in [-0.1, -0.05) is 76.4 Å². The third kappa shape index (κ3) is 4.15. The Balaban J connectivity index is 1.77. The molecule has 4 nitrogen and oxygen atoms in total. The van der Waals surface area contributed by atoms with E-state index in [-0.39, 0.29) is 6.61 Å². The Hall–Kier alpha value is -2.01. The smallest absolute Gasteiger partial charge is 0.143 e. The van der Waals surface area contributed by atoms with Crippen LogP contribution in [-0.2, 0) is 18.5 Å². The summed E-state index contributed by atoms with van der Waals surface area (Å²) >= 11 is 18.3. The molecule has 0 unspecified atom stereocenters. The summed E-state index contributed by atoms with van der Waals surface area (Å²) in [7, 11) is 1.78. The maximum absolute atomic E-state index is 6.32. The summed E-state index contributed by atoms with van der Waals surface area (Å²) in [5.74, 6) is 0. The maximum Gasteiger partial charge on any atom is 0.143 e. The van der Waals surface area contributed by atoms with Gasteiger partial charge in [0.25, 0.3) is 0 Å². The van der Waals surface area contributed by atoms with Gasteiger partial charge in [0.1, 0.15) is 17.5 Å². The van der Waals surface area contributed by atoms with Crippen LogP contribution >= 0.6 is 34.8 Å². The first-order chi connectivity index (χ1) is 12.1. The normalized spacial score (nSPS) is 11.2. The molecule has 0 aliphatic carbocycles. The minimum atomic E-state index is 0.227. The highest BCUT2D eigenvalue weighted by atomic mass is 35.5. The second kappa shape index (κ2) is 7.91. The van der Waals surface area contributed by atoms with Crippen molar-refractivity contribution in [3.05, 3.63) is 74.9 Å². The molecule has 3 rings (SSSR count). The Morgan fingerprint density at radius 3 is 2.60 bits per heavy atom. The van der Waals surface area contributed by atoms with Crippen molar-refractivity contribution in [2.24, 2.45) is 12.2 Å². The van der Waals surface area contributed by atoms with Crippen LogP contribution in [0.15, 0.2) is 53.7 Å². The van der Waals surface area contributed by atoms with Crippen molar-refractivity contribution < 1.29 is 4.84 Å². The number of aryl methyl sites for hydroxylation is 1. The maximum atomic E-state index is 6.32. The van der Waals surface area contributed by atoms with Gasteiger partial charge in [0.2, 0.25) is 0 Å². The van der Waals surface area contributed by atoms with E-state index in [0.29, 0.717) is 20.8 Å². The lowest BCUT2D eigenvalue weighted by atomic mass is 10.1. The molecule has 0 amide bonds. The standard InChI is InChI=1S/C18H14Cl3N3O/c1-24-18(21)15(17(23-24)12-5-3-2-4-6-12)10-22-25-11-13-7-8-14(19)9-16(13)20/h2-10H,11H2,1H3/b22-10-. The Morgan fingerprint density at radius 2 is 1.88 bits per heavy atom. The highest BCUT2D eigenvalue weighted by Gasteiger charge is 2.14. The molecule has 1 aromatic heterocycles. The molecular formula is C18H14Cl3N3O. The average molecular weight is 395 g/mol. The minimum Gasteiger partial charge on any atom is -0.391 e. The summed E-state index contributed by atoms with van der Waals surface area (Å²) in [4.78, 5) is 5.35. The van der Waals surface area contributed by atoms with Crippen LogP contribution in [0.3, 0.4) is 0 Å². The summed E-state index contributed by atoms with van der Waals surface area (Å²) in [5.41, 5.74) is 3.18. The largest absolute Gasteiger partial charge is 0.391 e. The quantitative estimate of drug-likeness (QED) is 0.417. The number of oxime groups is 1. The molecule has 25 heavy (non-hydrogen) atoms. The third-order valence-corrected chi connectivity index (χ3v) is 4.59. The van der Waals surface area contributed by atoms with Crippen molar-refractivity contribution in [2.75, 3.05) is 0 Å². The summed E-state index contributed by atoms with van der Waals surface area (Å²) in [6, 6.07) is 15.0. The fourth-order valence-corrected chi connectivity index (χ4v) is 2.92. The lowest BCUT2D eigenvalue weighted by Gasteiger charge is -2.03. The monoisotopic (exact) mass is 393 g/mol. The highest BCUT2D eigenvalue weighted by Crippen LogP contribution is 2.27. The van der Waals surface area contributed by atoms with E-state index in [0.717, 1.165) is 16.8 Å². The first-order valence-electron chi connectivity index (χ1n) is 7.43.